The van der Waals surface area contributed by atoms with E-state index in [0.29, 0.717) is 18.1 Å². The molecule has 3 aromatic rings. The average Bonchev–Trinajstić information content (AvgIpc) is 3.49. The molecular formula is C21H36ClN9O7. The lowest BCUT2D eigenvalue weighted by molar-refractivity contribution is -0.385. The molecule has 3 rings (SSSR count). The minimum absolute atomic E-state index is 0.00926. The van der Waals surface area contributed by atoms with Crippen molar-refractivity contribution in [2.24, 2.45) is 0 Å². The molecule has 6 N–H and O–H groups in total. The Labute approximate surface area is 224 Å². The van der Waals surface area contributed by atoms with Gasteiger partial charge in [-0.05, 0) is 41.5 Å². The van der Waals surface area contributed by atoms with E-state index in [9.17, 15) is 30.4 Å². The van der Waals surface area contributed by atoms with Crippen LogP contribution in [0.1, 0.15) is 41.5 Å². The number of halogens is 1. The molecule has 0 aromatic carbocycles. The molecule has 0 amide bonds. The van der Waals surface area contributed by atoms with E-state index in [1.54, 1.807) is 58.6 Å². The lowest BCUT2D eigenvalue weighted by Gasteiger charge is -2.16. The van der Waals surface area contributed by atoms with Crippen LogP contribution in [0.4, 0.5) is 17.1 Å². The first-order valence-electron chi connectivity index (χ1n) is 11.0. The second-order valence-corrected chi connectivity index (χ2v) is 10.2. The Morgan fingerprint density at radius 2 is 1.32 bits per heavy atom. The molecule has 0 spiro atoms. The molecule has 0 bridgehead atoms. The summed E-state index contributed by atoms with van der Waals surface area (Å²) in [5, 5.41) is 60.9. The monoisotopic (exact) mass is 561 g/mol. The number of nitrogens with zero attached hydrogens (tertiary/aromatic N) is 7. The highest BCUT2D eigenvalue weighted by molar-refractivity contribution is 6.18. The number of aromatic amines is 1. The SMILES string of the molecule is CC(C)(O)CCl.CC(C)(O)Cn1cc(N)cn1.CC(C)(O)Cn1cc([N+](=O)[O-])cn1.O=[N+]([O-])c1cn[nH]c1. The predicted molar refractivity (Wildman–Crippen MR) is 140 cm³/mol. The van der Waals surface area contributed by atoms with E-state index in [4.69, 9.17) is 22.4 Å². The Morgan fingerprint density at radius 3 is 1.58 bits per heavy atom. The minimum atomic E-state index is -0.917. The van der Waals surface area contributed by atoms with Crippen molar-refractivity contribution >= 4 is 28.7 Å². The molecule has 0 radical (unpaired) electrons. The molecule has 3 aromatic heterocycles. The average molecular weight is 562 g/mol. The number of hydrogen-bond acceptors (Lipinski definition) is 11. The maximum atomic E-state index is 10.3. The largest absolute Gasteiger partial charge is 0.396 e. The third kappa shape index (κ3) is 17.8. The number of hydrogen-bond donors (Lipinski definition) is 5. The molecule has 0 saturated carbocycles. The molecule has 214 valence electrons. The maximum absolute atomic E-state index is 10.3. The first kappa shape index (κ1) is 34.4. The lowest BCUT2D eigenvalue weighted by atomic mass is 10.1. The van der Waals surface area contributed by atoms with Gasteiger partial charge in [0.2, 0.25) is 0 Å². The van der Waals surface area contributed by atoms with E-state index >= 15 is 0 Å². The van der Waals surface area contributed by atoms with Crippen molar-refractivity contribution < 1.29 is 25.2 Å². The highest BCUT2D eigenvalue weighted by atomic mass is 35.5. The molecule has 3 heterocycles. The Hall–Kier alpha value is -3.60. The van der Waals surface area contributed by atoms with E-state index in [1.807, 2.05) is 0 Å². The number of nitrogen functional groups attached to an aromatic ring is 1. The van der Waals surface area contributed by atoms with Gasteiger partial charge < -0.3 is 21.1 Å². The number of aliphatic hydroxyl groups is 3. The van der Waals surface area contributed by atoms with Crippen LogP contribution in [0.2, 0.25) is 0 Å². The maximum Gasteiger partial charge on any atom is 0.306 e. The molecule has 0 fully saturated rings. The van der Waals surface area contributed by atoms with Gasteiger partial charge in [-0.25, -0.2) is 0 Å². The number of anilines is 1. The molecule has 17 heteroatoms. The zero-order valence-electron chi connectivity index (χ0n) is 22.1. The van der Waals surface area contributed by atoms with Crippen molar-refractivity contribution in [1.29, 1.82) is 0 Å². The van der Waals surface area contributed by atoms with Crippen LogP contribution in [0.5, 0.6) is 0 Å². The van der Waals surface area contributed by atoms with Crippen molar-refractivity contribution in [1.82, 2.24) is 29.8 Å². The molecular weight excluding hydrogens is 526 g/mol. The molecule has 38 heavy (non-hydrogen) atoms. The summed E-state index contributed by atoms with van der Waals surface area (Å²) in [6, 6.07) is 0. The Bertz CT molecular complexity index is 1100. The molecule has 0 unspecified atom stereocenters. The van der Waals surface area contributed by atoms with Crippen LogP contribution in [-0.2, 0) is 13.1 Å². The summed E-state index contributed by atoms with van der Waals surface area (Å²) in [6.07, 6.45) is 8.08. The number of nitrogens with two attached hydrogens (primary N) is 1. The lowest BCUT2D eigenvalue weighted by Crippen LogP contribution is -2.26. The second-order valence-electron chi connectivity index (χ2n) is 9.91. The third-order valence-corrected chi connectivity index (χ3v) is 4.26. The number of alkyl halides is 1. The van der Waals surface area contributed by atoms with Crippen LogP contribution in [-0.4, -0.2) is 77.6 Å². The Morgan fingerprint density at radius 1 is 0.868 bits per heavy atom. The summed E-state index contributed by atoms with van der Waals surface area (Å²) in [6.45, 7) is 10.7. The number of aromatic nitrogens is 6. The van der Waals surface area contributed by atoms with Gasteiger partial charge in [-0.2, -0.15) is 15.3 Å². The van der Waals surface area contributed by atoms with Gasteiger partial charge in [0.05, 0.1) is 63.7 Å². The normalized spacial score (nSPS) is 11.2. The summed E-state index contributed by atoms with van der Waals surface area (Å²) in [5.41, 5.74) is 3.63. The van der Waals surface area contributed by atoms with Gasteiger partial charge >= 0.3 is 11.4 Å². The van der Waals surface area contributed by atoms with Crippen LogP contribution in [0.25, 0.3) is 0 Å². The fourth-order valence-corrected chi connectivity index (χ4v) is 2.14. The third-order valence-electron chi connectivity index (χ3n) is 3.60. The van der Waals surface area contributed by atoms with Crippen LogP contribution in [0.15, 0.2) is 37.2 Å². The van der Waals surface area contributed by atoms with Gasteiger partial charge in [0, 0.05) is 6.20 Å². The first-order chi connectivity index (χ1) is 17.2. The van der Waals surface area contributed by atoms with E-state index in [1.165, 1.54) is 17.1 Å². The van der Waals surface area contributed by atoms with Gasteiger partial charge in [0.15, 0.2) is 0 Å². The van der Waals surface area contributed by atoms with Gasteiger partial charge in [-0.3, -0.25) is 34.7 Å². The number of nitrogens with one attached hydrogen (secondary N) is 1. The van der Waals surface area contributed by atoms with Crippen LogP contribution in [0.3, 0.4) is 0 Å². The van der Waals surface area contributed by atoms with Gasteiger partial charge in [-0.15, -0.1) is 11.6 Å². The van der Waals surface area contributed by atoms with Crippen LogP contribution >= 0.6 is 11.6 Å². The van der Waals surface area contributed by atoms with Crippen molar-refractivity contribution in [3.63, 3.8) is 0 Å². The topological polar surface area (TPSA) is 237 Å². The highest BCUT2D eigenvalue weighted by Gasteiger charge is 2.16. The zero-order chi connectivity index (χ0) is 29.7. The predicted octanol–water partition coefficient (Wildman–Crippen LogP) is 2.11. The Kier molecular flexibility index (Phi) is 13.5. The first-order valence-corrected chi connectivity index (χ1v) is 11.6. The fraction of sp³-hybridized carbons (Fsp3) is 0.571. The summed E-state index contributed by atoms with van der Waals surface area (Å²) in [5.74, 6) is 0.299. The molecule has 0 aliphatic heterocycles. The molecule has 0 saturated heterocycles. The smallest absolute Gasteiger partial charge is 0.306 e. The second kappa shape index (κ2) is 15.0. The van der Waals surface area contributed by atoms with E-state index in [-0.39, 0.29) is 17.9 Å². The summed E-state index contributed by atoms with van der Waals surface area (Å²) >= 11 is 5.23. The molecule has 16 nitrogen and oxygen atoms in total. The van der Waals surface area contributed by atoms with E-state index in [2.05, 4.69) is 20.4 Å². The minimum Gasteiger partial charge on any atom is -0.396 e. The van der Waals surface area contributed by atoms with Crippen molar-refractivity contribution in [2.45, 2.75) is 71.4 Å². The van der Waals surface area contributed by atoms with Crippen LogP contribution in [0, 0.1) is 20.2 Å². The number of nitro groups is 2. The van der Waals surface area contributed by atoms with Crippen molar-refractivity contribution in [2.75, 3.05) is 11.6 Å². The standard InChI is InChI=1S/C7H11N3O3.C7H13N3O.C4H9ClO.C3H3N3O2/c1-7(2,11)5-9-4-6(3-8-9)10(12)13;1-7(2,11)5-10-4-6(8)3-9-10;1-4(2,6)3-5;7-6(8)3-1-4-5-2-3/h3-4,11H,5H2,1-2H3;3-4,11H,5,8H2,1-2H3;6H,3H2,1-2H3;1-2H,(H,4,5). The molecule has 0 aliphatic rings. The Balaban J connectivity index is 0.000000500. The highest BCUT2D eigenvalue weighted by Crippen LogP contribution is 2.11. The number of H-pyrrole nitrogens is 1. The molecule has 0 atom stereocenters. The van der Waals surface area contributed by atoms with Crippen molar-refractivity contribution in [3.8, 4) is 0 Å². The fourth-order valence-electron chi connectivity index (χ4n) is 2.14. The molecule has 0 aliphatic carbocycles. The quantitative estimate of drug-likeness (QED) is 0.159. The van der Waals surface area contributed by atoms with Gasteiger partial charge in [0.25, 0.3) is 0 Å². The zero-order valence-corrected chi connectivity index (χ0v) is 22.9. The summed E-state index contributed by atoms with van der Waals surface area (Å²) in [7, 11) is 0. The van der Waals surface area contributed by atoms with Crippen LogP contribution < -0.4 is 5.73 Å². The van der Waals surface area contributed by atoms with Gasteiger partial charge in [0.1, 0.15) is 18.6 Å². The van der Waals surface area contributed by atoms with Crippen molar-refractivity contribution in [3.05, 3.63) is 57.4 Å². The summed E-state index contributed by atoms with van der Waals surface area (Å²) < 4.78 is 2.97. The van der Waals surface area contributed by atoms with E-state index < -0.39 is 26.6 Å². The van der Waals surface area contributed by atoms with Gasteiger partial charge in [-0.1, -0.05) is 0 Å². The van der Waals surface area contributed by atoms with E-state index in [0.717, 1.165) is 12.4 Å². The summed E-state index contributed by atoms with van der Waals surface area (Å²) in [4.78, 5) is 19.0. The number of rotatable bonds is 7.